The fraction of sp³-hybridized carbons (Fsp3) is 0.294. The molecule has 2 rings (SSSR count). The van der Waals surface area contributed by atoms with Crippen molar-refractivity contribution in [2.24, 2.45) is 5.73 Å². The van der Waals surface area contributed by atoms with Gasteiger partial charge in [-0.25, -0.2) is 8.78 Å². The molecule has 2 aromatic rings. The molecule has 0 bridgehead atoms. The Morgan fingerprint density at radius 1 is 1.05 bits per heavy atom. The molecule has 112 valence electrons. The largest absolute Gasteiger partial charge is 0.388 e. The van der Waals surface area contributed by atoms with E-state index in [-0.39, 0.29) is 6.54 Å². The fourth-order valence-corrected chi connectivity index (χ4v) is 2.53. The van der Waals surface area contributed by atoms with Crippen molar-refractivity contribution in [3.05, 3.63) is 70.3 Å². The molecular formula is C17H19F2NO. The van der Waals surface area contributed by atoms with Crippen molar-refractivity contribution in [3.8, 4) is 0 Å². The monoisotopic (exact) mass is 291 g/mol. The molecule has 2 unspecified atom stereocenters. The first-order chi connectivity index (χ1) is 9.92. The van der Waals surface area contributed by atoms with Crippen LogP contribution in [0, 0.1) is 25.5 Å². The van der Waals surface area contributed by atoms with Crippen molar-refractivity contribution in [2.75, 3.05) is 6.54 Å². The lowest BCUT2D eigenvalue weighted by atomic mass is 9.86. The minimum Gasteiger partial charge on any atom is -0.388 e. The van der Waals surface area contributed by atoms with E-state index in [1.807, 2.05) is 32.0 Å². The van der Waals surface area contributed by atoms with Gasteiger partial charge >= 0.3 is 0 Å². The second kappa shape index (κ2) is 6.33. The van der Waals surface area contributed by atoms with E-state index in [0.29, 0.717) is 5.56 Å². The Morgan fingerprint density at radius 2 is 1.67 bits per heavy atom. The zero-order chi connectivity index (χ0) is 15.6. The van der Waals surface area contributed by atoms with Crippen molar-refractivity contribution in [1.29, 1.82) is 0 Å². The number of halogens is 2. The molecule has 0 aliphatic rings. The summed E-state index contributed by atoms with van der Waals surface area (Å²) in [5.74, 6) is -1.90. The number of aryl methyl sites for hydroxylation is 2. The lowest BCUT2D eigenvalue weighted by molar-refractivity contribution is 0.146. The second-order valence-electron chi connectivity index (χ2n) is 5.35. The number of hydrogen-bond acceptors (Lipinski definition) is 2. The predicted molar refractivity (Wildman–Crippen MR) is 79.0 cm³/mol. The van der Waals surface area contributed by atoms with E-state index in [1.165, 1.54) is 12.1 Å². The van der Waals surface area contributed by atoms with E-state index in [4.69, 9.17) is 5.73 Å². The number of aliphatic hydroxyl groups is 1. The normalized spacial score (nSPS) is 14.0. The summed E-state index contributed by atoms with van der Waals surface area (Å²) >= 11 is 0. The molecule has 2 nitrogen and oxygen atoms in total. The van der Waals surface area contributed by atoms with Crippen LogP contribution in [-0.2, 0) is 0 Å². The maximum Gasteiger partial charge on any atom is 0.126 e. The summed E-state index contributed by atoms with van der Waals surface area (Å²) < 4.78 is 26.7. The Labute approximate surface area is 123 Å². The maximum atomic E-state index is 13.4. The van der Waals surface area contributed by atoms with Gasteiger partial charge in [-0.3, -0.25) is 0 Å². The molecule has 4 heteroatoms. The summed E-state index contributed by atoms with van der Waals surface area (Å²) in [6, 6.07) is 8.97. The highest BCUT2D eigenvalue weighted by molar-refractivity contribution is 5.35. The van der Waals surface area contributed by atoms with Crippen LogP contribution in [0.1, 0.15) is 34.3 Å². The molecule has 2 atom stereocenters. The Kier molecular flexibility index (Phi) is 4.70. The van der Waals surface area contributed by atoms with Crippen LogP contribution in [0.4, 0.5) is 8.78 Å². The standard InChI is InChI=1S/C17H19F2NO/c1-10-3-4-11(2)15(5-10)17(21)16(9-20)12-6-13(18)8-14(19)7-12/h3-8,16-17,21H,9,20H2,1-2H3. The first kappa shape index (κ1) is 15.6. The molecule has 0 aromatic heterocycles. The molecule has 0 aliphatic heterocycles. The van der Waals surface area contributed by atoms with Crippen LogP contribution in [0.15, 0.2) is 36.4 Å². The first-order valence-electron chi connectivity index (χ1n) is 6.83. The van der Waals surface area contributed by atoms with Gasteiger partial charge in [0.1, 0.15) is 11.6 Å². The average Bonchev–Trinajstić information content (AvgIpc) is 2.41. The molecule has 21 heavy (non-hydrogen) atoms. The molecule has 0 saturated heterocycles. The van der Waals surface area contributed by atoms with Gasteiger partial charge in [0, 0.05) is 18.5 Å². The lowest BCUT2D eigenvalue weighted by Crippen LogP contribution is -2.21. The summed E-state index contributed by atoms with van der Waals surface area (Å²) in [4.78, 5) is 0. The number of benzene rings is 2. The summed E-state index contributed by atoms with van der Waals surface area (Å²) in [6.07, 6.45) is -0.906. The number of hydrogen-bond donors (Lipinski definition) is 2. The third-order valence-corrected chi connectivity index (χ3v) is 3.70. The van der Waals surface area contributed by atoms with Crippen LogP contribution in [0.3, 0.4) is 0 Å². The zero-order valence-electron chi connectivity index (χ0n) is 12.1. The molecule has 0 spiro atoms. The third kappa shape index (κ3) is 3.46. The van der Waals surface area contributed by atoms with Gasteiger partial charge in [-0.05, 0) is 42.7 Å². The maximum absolute atomic E-state index is 13.4. The van der Waals surface area contributed by atoms with Crippen molar-refractivity contribution < 1.29 is 13.9 Å². The Hall–Kier alpha value is -1.78. The van der Waals surface area contributed by atoms with Crippen molar-refractivity contribution in [1.82, 2.24) is 0 Å². The van der Waals surface area contributed by atoms with Crippen LogP contribution >= 0.6 is 0 Å². The number of aliphatic hydroxyl groups excluding tert-OH is 1. The van der Waals surface area contributed by atoms with Crippen LogP contribution < -0.4 is 5.73 Å². The fourth-order valence-electron chi connectivity index (χ4n) is 2.53. The highest BCUT2D eigenvalue weighted by Gasteiger charge is 2.24. The molecule has 0 amide bonds. The Bertz CT molecular complexity index is 622. The van der Waals surface area contributed by atoms with Crippen molar-refractivity contribution in [2.45, 2.75) is 25.9 Å². The first-order valence-corrected chi connectivity index (χ1v) is 6.83. The molecule has 0 aliphatic carbocycles. The van der Waals surface area contributed by atoms with E-state index in [2.05, 4.69) is 0 Å². The molecule has 0 heterocycles. The molecule has 2 aromatic carbocycles. The number of nitrogens with two attached hydrogens (primary N) is 1. The Morgan fingerprint density at radius 3 is 2.24 bits per heavy atom. The van der Waals surface area contributed by atoms with E-state index >= 15 is 0 Å². The van der Waals surface area contributed by atoms with Crippen LogP contribution in [0.2, 0.25) is 0 Å². The van der Waals surface area contributed by atoms with Crippen molar-refractivity contribution >= 4 is 0 Å². The second-order valence-corrected chi connectivity index (χ2v) is 5.35. The van der Waals surface area contributed by atoms with E-state index in [0.717, 1.165) is 22.8 Å². The summed E-state index contributed by atoms with van der Waals surface area (Å²) in [5, 5.41) is 10.6. The van der Waals surface area contributed by atoms with E-state index in [1.54, 1.807) is 0 Å². The zero-order valence-corrected chi connectivity index (χ0v) is 12.1. The number of rotatable bonds is 4. The summed E-state index contributed by atoms with van der Waals surface area (Å²) in [6.45, 7) is 3.91. The molecular weight excluding hydrogens is 272 g/mol. The van der Waals surface area contributed by atoms with Crippen LogP contribution in [-0.4, -0.2) is 11.7 Å². The SMILES string of the molecule is Cc1ccc(C)c(C(O)C(CN)c2cc(F)cc(F)c2)c1. The molecule has 0 radical (unpaired) electrons. The summed E-state index contributed by atoms with van der Waals surface area (Å²) in [7, 11) is 0. The van der Waals surface area contributed by atoms with Gasteiger partial charge in [-0.1, -0.05) is 23.8 Å². The highest BCUT2D eigenvalue weighted by Crippen LogP contribution is 2.33. The quantitative estimate of drug-likeness (QED) is 0.907. The average molecular weight is 291 g/mol. The van der Waals surface area contributed by atoms with Gasteiger partial charge in [0.05, 0.1) is 6.10 Å². The van der Waals surface area contributed by atoms with E-state index in [9.17, 15) is 13.9 Å². The predicted octanol–water partition coefficient (Wildman–Crippen LogP) is 3.36. The molecule has 0 fully saturated rings. The van der Waals surface area contributed by atoms with Crippen LogP contribution in [0.25, 0.3) is 0 Å². The van der Waals surface area contributed by atoms with Crippen molar-refractivity contribution in [3.63, 3.8) is 0 Å². The minimum atomic E-state index is -0.906. The highest BCUT2D eigenvalue weighted by atomic mass is 19.1. The molecule has 3 N–H and O–H groups in total. The van der Waals surface area contributed by atoms with Gasteiger partial charge in [0.25, 0.3) is 0 Å². The topological polar surface area (TPSA) is 46.2 Å². The van der Waals surface area contributed by atoms with Gasteiger partial charge in [-0.15, -0.1) is 0 Å². The van der Waals surface area contributed by atoms with Crippen LogP contribution in [0.5, 0.6) is 0 Å². The molecule has 0 saturated carbocycles. The third-order valence-electron chi connectivity index (χ3n) is 3.70. The van der Waals surface area contributed by atoms with Gasteiger partial charge < -0.3 is 10.8 Å². The van der Waals surface area contributed by atoms with E-state index < -0.39 is 23.7 Å². The lowest BCUT2D eigenvalue weighted by Gasteiger charge is -2.24. The minimum absolute atomic E-state index is 0.0947. The smallest absolute Gasteiger partial charge is 0.126 e. The van der Waals surface area contributed by atoms with Gasteiger partial charge in [0.2, 0.25) is 0 Å². The Balaban J connectivity index is 2.42. The summed E-state index contributed by atoms with van der Waals surface area (Å²) in [5.41, 5.74) is 8.75. The van der Waals surface area contributed by atoms with Gasteiger partial charge in [0.15, 0.2) is 0 Å². The van der Waals surface area contributed by atoms with Gasteiger partial charge in [-0.2, -0.15) is 0 Å².